The summed E-state index contributed by atoms with van der Waals surface area (Å²) in [5.41, 5.74) is 1.13. The number of cyclic esters (lactones) is 1. The molecule has 2 aliphatic rings. The average molecular weight is 726 g/mol. The molecule has 3 rings (SSSR count). The van der Waals surface area contributed by atoms with Crippen LogP contribution in [0.25, 0.3) is 0 Å². The zero-order valence-corrected chi connectivity index (χ0v) is 24.4. The van der Waals surface area contributed by atoms with Crippen LogP contribution in [0.4, 0.5) is 33.7 Å². The molecule has 16 heteroatoms. The van der Waals surface area contributed by atoms with Crippen LogP contribution in [-0.4, -0.2) is 81.9 Å². The highest BCUT2D eigenvalue weighted by Gasteiger charge is 2.48. The number of ether oxygens (including phenoxy) is 1. The summed E-state index contributed by atoms with van der Waals surface area (Å²) < 4.78 is 57.0. The summed E-state index contributed by atoms with van der Waals surface area (Å²) in [5.74, 6) is -4.27. The molecule has 1 aromatic carbocycles. The summed E-state index contributed by atoms with van der Waals surface area (Å²) in [6, 6.07) is 6.63. The van der Waals surface area contributed by atoms with Crippen molar-refractivity contribution in [3.63, 3.8) is 0 Å². The van der Waals surface area contributed by atoms with Crippen LogP contribution in [0.15, 0.2) is 24.3 Å². The Bertz CT molecular complexity index is 1020. The first-order valence-electron chi connectivity index (χ1n) is 11.0. The van der Waals surface area contributed by atoms with Gasteiger partial charge in [-0.15, -0.1) is 0 Å². The van der Waals surface area contributed by atoms with Gasteiger partial charge in [-0.05, 0) is 31.2 Å². The fourth-order valence-electron chi connectivity index (χ4n) is 4.12. The molecule has 3 amide bonds. The molecule has 206 valence electrons. The summed E-state index contributed by atoms with van der Waals surface area (Å²) in [4.78, 5) is 39.5. The van der Waals surface area contributed by atoms with Gasteiger partial charge in [0.15, 0.2) is 7.94 Å². The minimum atomic E-state index is -5.02. The lowest BCUT2D eigenvalue weighted by molar-refractivity contribution is -0.173. The van der Waals surface area contributed by atoms with Gasteiger partial charge in [-0.3, -0.25) is 14.5 Å². The first-order chi connectivity index (χ1) is 17.0. The highest BCUT2D eigenvalue weighted by molar-refractivity contribution is 9.39. The molecule has 3 atom stereocenters. The molecule has 2 N–H and O–H groups in total. The van der Waals surface area contributed by atoms with Gasteiger partial charge in [-0.2, -0.15) is 13.2 Å². The van der Waals surface area contributed by atoms with E-state index in [0.717, 1.165) is 0 Å². The third-order valence-corrected chi connectivity index (χ3v) is 7.10. The monoisotopic (exact) mass is 723 g/mol. The van der Waals surface area contributed by atoms with Crippen LogP contribution in [0.5, 0.6) is 0 Å². The van der Waals surface area contributed by atoms with E-state index in [1.807, 2.05) is 4.90 Å². The second kappa shape index (κ2) is 11.2. The Morgan fingerprint density at radius 1 is 1.16 bits per heavy atom. The molecule has 2 heterocycles. The van der Waals surface area contributed by atoms with E-state index in [1.165, 1.54) is 23.6 Å². The highest BCUT2D eigenvalue weighted by atomic mass is 80.0. The first-order valence-corrected chi connectivity index (χ1v) is 13.3. The minimum absolute atomic E-state index is 0.0156. The molecule has 0 aliphatic carbocycles. The number of anilines is 2. The van der Waals surface area contributed by atoms with Gasteiger partial charge in [0.25, 0.3) is 0 Å². The Labute approximate surface area is 235 Å². The van der Waals surface area contributed by atoms with Crippen LogP contribution in [0.1, 0.15) is 13.8 Å². The summed E-state index contributed by atoms with van der Waals surface area (Å²) in [7, 11) is 0. The van der Waals surface area contributed by atoms with Crippen LogP contribution < -0.4 is 20.4 Å². The van der Waals surface area contributed by atoms with Crippen molar-refractivity contribution in [3.8, 4) is 0 Å². The molecule has 0 spiro atoms. The van der Waals surface area contributed by atoms with E-state index >= 15 is 4.39 Å². The molecule has 2 unspecified atom stereocenters. The SMILES string of the molecule is CC(=O)NC(N1CCN(c2ccc(N3CC(CNC(=O)C(F)(F)F)OC3=O)cc2)C[C@]1(C)F)C(Br)(Br)Br. The number of piperazine rings is 1. The van der Waals surface area contributed by atoms with Crippen molar-refractivity contribution in [3.05, 3.63) is 24.3 Å². The van der Waals surface area contributed by atoms with Crippen LogP contribution >= 0.6 is 47.8 Å². The van der Waals surface area contributed by atoms with E-state index in [2.05, 4.69) is 53.1 Å². The lowest BCUT2D eigenvalue weighted by Gasteiger charge is -2.49. The molecule has 0 saturated carbocycles. The van der Waals surface area contributed by atoms with E-state index in [4.69, 9.17) is 4.74 Å². The number of nitrogens with zero attached hydrogens (tertiary/aromatic N) is 3. The number of alkyl halides is 7. The molecule has 2 fully saturated rings. The van der Waals surface area contributed by atoms with Crippen molar-refractivity contribution in [1.82, 2.24) is 15.5 Å². The summed E-state index contributed by atoms with van der Waals surface area (Å²) in [5, 5.41) is 4.43. The number of amides is 3. The Kier molecular flexibility index (Phi) is 9.07. The Balaban J connectivity index is 1.64. The number of hydrogen-bond donors (Lipinski definition) is 2. The molecule has 37 heavy (non-hydrogen) atoms. The number of carbonyl (C=O) groups excluding carboxylic acids is 3. The molecule has 1 aromatic rings. The van der Waals surface area contributed by atoms with Crippen LogP contribution in [0.3, 0.4) is 0 Å². The van der Waals surface area contributed by atoms with Crippen molar-refractivity contribution in [2.75, 3.05) is 42.5 Å². The number of halogens is 7. The topological polar surface area (TPSA) is 94.2 Å². The first kappa shape index (κ1) is 29.9. The van der Waals surface area contributed by atoms with Gasteiger partial charge in [0, 0.05) is 31.4 Å². The van der Waals surface area contributed by atoms with Crippen molar-refractivity contribution in [2.45, 2.75) is 40.2 Å². The zero-order chi connectivity index (χ0) is 27.8. The maximum Gasteiger partial charge on any atom is 0.471 e. The van der Waals surface area contributed by atoms with Crippen molar-refractivity contribution < 1.29 is 36.7 Å². The van der Waals surface area contributed by atoms with Crippen LogP contribution in [0.2, 0.25) is 0 Å². The van der Waals surface area contributed by atoms with E-state index < -0.39 is 44.9 Å². The number of rotatable bonds is 6. The highest BCUT2D eigenvalue weighted by Crippen LogP contribution is 2.42. The molecule has 0 aromatic heterocycles. The largest absolute Gasteiger partial charge is 0.471 e. The van der Waals surface area contributed by atoms with Gasteiger partial charge in [0.2, 0.25) is 5.91 Å². The van der Waals surface area contributed by atoms with Crippen molar-refractivity contribution in [2.24, 2.45) is 0 Å². The minimum Gasteiger partial charge on any atom is -0.442 e. The number of carbonyl (C=O) groups is 3. The zero-order valence-electron chi connectivity index (χ0n) is 19.6. The van der Waals surface area contributed by atoms with Gasteiger partial charge in [0.1, 0.15) is 12.3 Å². The summed E-state index contributed by atoms with van der Waals surface area (Å²) in [6.45, 7) is 2.93. The van der Waals surface area contributed by atoms with E-state index in [9.17, 15) is 27.6 Å². The maximum atomic E-state index is 15.8. The van der Waals surface area contributed by atoms with Gasteiger partial charge < -0.3 is 20.3 Å². The van der Waals surface area contributed by atoms with Crippen LogP contribution in [0, 0.1) is 0 Å². The third-order valence-electron chi connectivity index (χ3n) is 5.80. The molecule has 9 nitrogen and oxygen atoms in total. The van der Waals surface area contributed by atoms with Crippen molar-refractivity contribution in [1.29, 1.82) is 0 Å². The smallest absolute Gasteiger partial charge is 0.442 e. The Hall–Kier alpha value is -1.65. The van der Waals surface area contributed by atoms with Crippen LogP contribution in [-0.2, 0) is 14.3 Å². The second-order valence-corrected chi connectivity index (χ2v) is 15.7. The van der Waals surface area contributed by atoms with E-state index in [-0.39, 0.29) is 25.5 Å². The molecule has 2 saturated heterocycles. The third kappa shape index (κ3) is 7.47. The quantitative estimate of drug-likeness (QED) is 0.264. The maximum absolute atomic E-state index is 15.8. The molecular formula is C21H24Br3F4N5O4. The Morgan fingerprint density at radius 2 is 1.76 bits per heavy atom. The fraction of sp³-hybridized carbons (Fsp3) is 0.571. The standard InChI is InChI=1S/C21H24Br3F4N5O4/c1-12(34)30-16(20(22,23)24)33-8-7-31(11-19(33,2)25)13-3-5-14(6-4-13)32-10-15(37-18(32)36)9-29-17(35)21(26,27)28/h3-6,15-16H,7-11H2,1-2H3,(H,29,35)(H,30,34)/t15?,16?,19-/m1/s1. The van der Waals surface area contributed by atoms with Crippen molar-refractivity contribution >= 4 is 77.1 Å². The normalized spacial score (nSPS) is 24.0. The predicted molar refractivity (Wildman–Crippen MR) is 139 cm³/mol. The average Bonchev–Trinajstić information content (AvgIpc) is 3.14. The summed E-state index contributed by atoms with van der Waals surface area (Å²) >= 11 is 10.1. The van der Waals surface area contributed by atoms with E-state index in [0.29, 0.717) is 17.9 Å². The molecular weight excluding hydrogens is 702 g/mol. The second-order valence-electron chi connectivity index (χ2n) is 8.74. The van der Waals surface area contributed by atoms with Gasteiger partial charge in [0.05, 0.1) is 19.6 Å². The molecule has 2 aliphatic heterocycles. The lowest BCUT2D eigenvalue weighted by Crippen LogP contribution is -2.67. The fourth-order valence-corrected chi connectivity index (χ4v) is 5.20. The van der Waals surface area contributed by atoms with Gasteiger partial charge >= 0.3 is 18.2 Å². The van der Waals surface area contributed by atoms with Gasteiger partial charge in [-0.25, -0.2) is 14.1 Å². The summed E-state index contributed by atoms with van der Waals surface area (Å²) in [6.07, 6.45) is -7.47. The molecule has 0 bridgehead atoms. The Morgan fingerprint density at radius 3 is 2.27 bits per heavy atom. The predicted octanol–water partition coefficient (Wildman–Crippen LogP) is 3.80. The lowest BCUT2D eigenvalue weighted by atomic mass is 10.1. The number of hydrogen-bond acceptors (Lipinski definition) is 6. The number of benzene rings is 1. The van der Waals surface area contributed by atoms with E-state index in [1.54, 1.807) is 29.6 Å². The molecule has 0 radical (unpaired) electrons. The number of nitrogens with one attached hydrogen (secondary N) is 2. The van der Waals surface area contributed by atoms with Gasteiger partial charge in [-0.1, -0.05) is 47.8 Å².